The number of carbonyl (C=O) groups excluding carboxylic acids is 1. The lowest BCUT2D eigenvalue weighted by molar-refractivity contribution is 0.0988. The quantitative estimate of drug-likeness (QED) is 0.272. The zero-order valence-electron chi connectivity index (χ0n) is 18.0. The Balaban J connectivity index is 1.93. The number of fused-ring (bicyclic) bond motifs is 1. The van der Waals surface area contributed by atoms with E-state index in [9.17, 15) is 4.79 Å². The van der Waals surface area contributed by atoms with Gasteiger partial charge in [-0.15, -0.1) is 0 Å². The minimum absolute atomic E-state index is 0.0692. The van der Waals surface area contributed by atoms with Crippen LogP contribution in [0.15, 0.2) is 48.7 Å². The van der Waals surface area contributed by atoms with Gasteiger partial charge in [0.2, 0.25) is 0 Å². The van der Waals surface area contributed by atoms with Crippen molar-refractivity contribution in [3.8, 4) is 5.75 Å². The van der Waals surface area contributed by atoms with E-state index in [0.717, 1.165) is 45.8 Å². The number of pyridine rings is 1. The molecule has 0 aliphatic heterocycles. The molecule has 0 unspecified atom stereocenters. The van der Waals surface area contributed by atoms with E-state index in [4.69, 9.17) is 4.74 Å². The fourth-order valence-electron chi connectivity index (χ4n) is 3.29. The van der Waals surface area contributed by atoms with E-state index in [1.54, 1.807) is 6.20 Å². The summed E-state index contributed by atoms with van der Waals surface area (Å²) >= 11 is 1.96. The molecule has 0 atom stereocenters. The number of hydrogen-bond acceptors (Lipinski definition) is 5. The van der Waals surface area contributed by atoms with Crippen LogP contribution < -0.4 is 10.1 Å². The first-order valence-electron chi connectivity index (χ1n) is 10.6. The van der Waals surface area contributed by atoms with Crippen LogP contribution in [0.4, 0.5) is 11.4 Å². The maximum Gasteiger partial charge on any atom is 0.166 e. The number of anilines is 2. The Labute approximate surface area is 183 Å². The molecule has 0 aliphatic rings. The van der Waals surface area contributed by atoms with Crippen molar-refractivity contribution in [3.63, 3.8) is 0 Å². The van der Waals surface area contributed by atoms with E-state index in [-0.39, 0.29) is 5.78 Å². The average Bonchev–Trinajstić information content (AvgIpc) is 2.77. The van der Waals surface area contributed by atoms with Gasteiger partial charge in [-0.25, -0.2) is 0 Å². The molecule has 0 saturated heterocycles. The summed E-state index contributed by atoms with van der Waals surface area (Å²) in [6.45, 7) is 6.79. The van der Waals surface area contributed by atoms with E-state index < -0.39 is 0 Å². The van der Waals surface area contributed by atoms with Crippen molar-refractivity contribution < 1.29 is 9.53 Å². The second kappa shape index (κ2) is 11.0. The number of hydrogen-bond donors (Lipinski definition) is 1. The Morgan fingerprint density at radius 3 is 2.70 bits per heavy atom. The molecule has 0 amide bonds. The fraction of sp³-hybridized carbons (Fsp3) is 0.360. The lowest BCUT2D eigenvalue weighted by atomic mass is 10.0. The Hall–Kier alpha value is -2.53. The van der Waals surface area contributed by atoms with Crippen LogP contribution in [0.2, 0.25) is 0 Å². The molecular formula is C25H30N2O2S. The molecule has 1 N–H and O–H groups in total. The molecule has 2 aromatic carbocycles. The lowest BCUT2D eigenvalue weighted by Crippen LogP contribution is -2.06. The van der Waals surface area contributed by atoms with Crippen LogP contribution in [0, 0.1) is 6.92 Å². The number of ketones is 1. The van der Waals surface area contributed by atoms with Crippen LogP contribution in [0.25, 0.3) is 10.9 Å². The number of para-hydroxylation sites is 2. The van der Waals surface area contributed by atoms with Crippen molar-refractivity contribution in [2.45, 2.75) is 40.0 Å². The molecule has 5 heteroatoms. The summed E-state index contributed by atoms with van der Waals surface area (Å²) in [4.78, 5) is 17.2. The van der Waals surface area contributed by atoms with Crippen molar-refractivity contribution in [3.05, 3.63) is 59.8 Å². The van der Waals surface area contributed by atoms with Gasteiger partial charge >= 0.3 is 0 Å². The summed E-state index contributed by atoms with van der Waals surface area (Å²) in [6.07, 6.45) is 4.32. The van der Waals surface area contributed by atoms with Crippen molar-refractivity contribution >= 4 is 39.8 Å². The van der Waals surface area contributed by atoms with E-state index >= 15 is 0 Å². The van der Waals surface area contributed by atoms with Gasteiger partial charge in [0, 0.05) is 23.7 Å². The summed E-state index contributed by atoms with van der Waals surface area (Å²) in [6, 6.07) is 14.0. The molecule has 0 bridgehead atoms. The molecule has 0 saturated carbocycles. The Morgan fingerprint density at radius 2 is 1.93 bits per heavy atom. The highest BCUT2D eigenvalue weighted by molar-refractivity contribution is 7.99. The predicted molar refractivity (Wildman–Crippen MR) is 129 cm³/mol. The van der Waals surface area contributed by atoms with Gasteiger partial charge in [0.25, 0.3) is 0 Å². The van der Waals surface area contributed by atoms with E-state index in [1.807, 2.05) is 55.1 Å². The summed E-state index contributed by atoms with van der Waals surface area (Å²) in [7, 11) is 0. The van der Waals surface area contributed by atoms with Gasteiger partial charge in [-0.1, -0.05) is 44.2 Å². The normalized spacial score (nSPS) is 10.9. The van der Waals surface area contributed by atoms with Gasteiger partial charge in [0.1, 0.15) is 11.3 Å². The van der Waals surface area contributed by atoms with E-state index in [1.165, 1.54) is 12.2 Å². The third kappa shape index (κ3) is 5.33. The number of nitrogens with zero attached hydrogens (tertiary/aromatic N) is 1. The molecule has 0 aliphatic carbocycles. The minimum atomic E-state index is 0.0692. The summed E-state index contributed by atoms with van der Waals surface area (Å²) < 4.78 is 6.07. The summed E-state index contributed by atoms with van der Waals surface area (Å²) in [5.74, 6) is 3.12. The highest BCUT2D eigenvalue weighted by atomic mass is 32.2. The van der Waals surface area contributed by atoms with Gasteiger partial charge < -0.3 is 10.1 Å². The third-order valence-electron chi connectivity index (χ3n) is 4.93. The number of rotatable bonds is 11. The number of nitrogens with one attached hydrogen (secondary N) is 1. The topological polar surface area (TPSA) is 51.2 Å². The molecule has 0 radical (unpaired) electrons. The second-order valence-electron chi connectivity index (χ2n) is 7.23. The average molecular weight is 423 g/mol. The van der Waals surface area contributed by atoms with Crippen molar-refractivity contribution in [2.75, 3.05) is 23.4 Å². The maximum absolute atomic E-state index is 12.6. The number of ether oxygens (including phenoxy) is 1. The third-order valence-corrected chi connectivity index (χ3v) is 6.20. The van der Waals surface area contributed by atoms with Crippen LogP contribution in [-0.2, 0) is 0 Å². The SMILES string of the molecule is CCCSCCCOc1cccc2c(Nc3ccccc3C)c(C(=O)CC)cnc12. The van der Waals surface area contributed by atoms with E-state index in [0.29, 0.717) is 18.6 Å². The molecule has 30 heavy (non-hydrogen) atoms. The first-order chi connectivity index (χ1) is 14.7. The lowest BCUT2D eigenvalue weighted by Gasteiger charge is -2.17. The number of benzene rings is 2. The van der Waals surface area contributed by atoms with Crippen molar-refractivity contribution in [2.24, 2.45) is 0 Å². The van der Waals surface area contributed by atoms with Crippen molar-refractivity contribution in [1.29, 1.82) is 0 Å². The maximum atomic E-state index is 12.6. The summed E-state index contributed by atoms with van der Waals surface area (Å²) in [5, 5.41) is 4.40. The fourth-order valence-corrected chi connectivity index (χ4v) is 4.10. The zero-order valence-corrected chi connectivity index (χ0v) is 18.8. The minimum Gasteiger partial charge on any atom is -0.491 e. The molecule has 3 aromatic rings. The van der Waals surface area contributed by atoms with Gasteiger partial charge in [-0.2, -0.15) is 11.8 Å². The van der Waals surface area contributed by atoms with Crippen LogP contribution in [0.5, 0.6) is 5.75 Å². The standard InChI is InChI=1S/C25H30N2O2S/c1-4-15-30-16-9-14-29-23-13-8-11-19-24(27-21-12-7-6-10-18(21)3)20(22(28)5-2)17-26-25(19)23/h6-8,10-13,17H,4-5,9,14-16H2,1-3H3,(H,26,27). The smallest absolute Gasteiger partial charge is 0.166 e. The monoisotopic (exact) mass is 422 g/mol. The Kier molecular flexibility index (Phi) is 8.14. The number of aryl methyl sites for hydroxylation is 1. The molecule has 158 valence electrons. The predicted octanol–water partition coefficient (Wildman–Crippen LogP) is 6.79. The largest absolute Gasteiger partial charge is 0.491 e. The highest BCUT2D eigenvalue weighted by Gasteiger charge is 2.17. The molecule has 1 heterocycles. The van der Waals surface area contributed by atoms with Crippen LogP contribution >= 0.6 is 11.8 Å². The number of thioether (sulfide) groups is 1. The molecule has 3 rings (SSSR count). The number of Topliss-reactive ketones (excluding diaryl/α,β-unsaturated/α-hetero) is 1. The summed E-state index contributed by atoms with van der Waals surface area (Å²) in [5.41, 5.74) is 4.29. The molecule has 0 spiro atoms. The number of carbonyl (C=O) groups is 1. The van der Waals surface area contributed by atoms with Crippen LogP contribution in [0.3, 0.4) is 0 Å². The molecule has 4 nitrogen and oxygen atoms in total. The van der Waals surface area contributed by atoms with Gasteiger partial charge in [0.15, 0.2) is 5.78 Å². The Bertz CT molecular complexity index is 1000. The van der Waals surface area contributed by atoms with Crippen LogP contribution in [-0.4, -0.2) is 28.9 Å². The molecule has 0 fully saturated rings. The Morgan fingerprint density at radius 1 is 1.10 bits per heavy atom. The first-order valence-corrected chi connectivity index (χ1v) is 11.8. The van der Waals surface area contributed by atoms with Gasteiger partial charge in [-0.05, 0) is 49.0 Å². The zero-order chi connectivity index (χ0) is 21.3. The number of aromatic nitrogens is 1. The first kappa shape index (κ1) is 22.2. The van der Waals surface area contributed by atoms with Gasteiger partial charge in [0.05, 0.1) is 17.9 Å². The highest BCUT2D eigenvalue weighted by Crippen LogP contribution is 2.34. The van der Waals surface area contributed by atoms with Gasteiger partial charge in [-0.3, -0.25) is 9.78 Å². The van der Waals surface area contributed by atoms with Crippen molar-refractivity contribution in [1.82, 2.24) is 4.98 Å². The molecule has 1 aromatic heterocycles. The van der Waals surface area contributed by atoms with E-state index in [2.05, 4.69) is 30.2 Å². The van der Waals surface area contributed by atoms with Crippen LogP contribution in [0.1, 0.15) is 49.0 Å². The second-order valence-corrected chi connectivity index (χ2v) is 8.45. The molecular weight excluding hydrogens is 392 g/mol.